The molecule has 138 valence electrons. The number of furan rings is 1. The van der Waals surface area contributed by atoms with E-state index in [4.69, 9.17) is 9.40 Å². The first-order valence-corrected chi connectivity index (χ1v) is 10.7. The quantitative estimate of drug-likeness (QED) is 0.377. The van der Waals surface area contributed by atoms with Crippen molar-refractivity contribution < 1.29 is 4.42 Å². The zero-order valence-corrected chi connectivity index (χ0v) is 16.9. The van der Waals surface area contributed by atoms with E-state index in [0.29, 0.717) is 0 Å². The van der Waals surface area contributed by atoms with Crippen LogP contribution in [-0.4, -0.2) is 19.7 Å². The fraction of sp³-hybridized carbons (Fsp3) is 0.250. The second-order valence-corrected chi connectivity index (χ2v) is 7.95. The van der Waals surface area contributed by atoms with Crippen LogP contribution in [0.25, 0.3) is 22.0 Å². The van der Waals surface area contributed by atoms with Crippen molar-refractivity contribution in [1.29, 1.82) is 0 Å². The Morgan fingerprint density at radius 2 is 2.00 bits per heavy atom. The van der Waals surface area contributed by atoms with Crippen LogP contribution in [0.4, 0.5) is 0 Å². The molecule has 0 aliphatic carbocycles. The van der Waals surface area contributed by atoms with Gasteiger partial charge in [0.1, 0.15) is 10.8 Å². The number of thioether (sulfide) groups is 1. The van der Waals surface area contributed by atoms with Gasteiger partial charge in [-0.05, 0) is 19.4 Å². The fourth-order valence-electron chi connectivity index (χ4n) is 2.86. The lowest BCUT2D eigenvalue weighted by Gasteiger charge is -2.07. The van der Waals surface area contributed by atoms with Gasteiger partial charge < -0.3 is 8.98 Å². The van der Waals surface area contributed by atoms with Crippen LogP contribution >= 0.6 is 23.1 Å². The molecule has 1 aromatic carbocycles. The molecular formula is C20H20N4OS2. The molecule has 3 aromatic heterocycles. The van der Waals surface area contributed by atoms with Gasteiger partial charge in [0.05, 0.1) is 17.5 Å². The predicted octanol–water partition coefficient (Wildman–Crippen LogP) is 5.67. The summed E-state index contributed by atoms with van der Waals surface area (Å²) in [6.07, 6.45) is 2.72. The molecule has 0 spiro atoms. The summed E-state index contributed by atoms with van der Waals surface area (Å²) >= 11 is 3.35. The van der Waals surface area contributed by atoms with Crippen molar-refractivity contribution in [2.75, 3.05) is 0 Å². The summed E-state index contributed by atoms with van der Waals surface area (Å²) in [6, 6.07) is 12.2. The molecule has 0 fully saturated rings. The molecule has 3 heterocycles. The number of thiazole rings is 1. The van der Waals surface area contributed by atoms with Crippen LogP contribution in [-0.2, 0) is 12.3 Å². The zero-order chi connectivity index (χ0) is 18.6. The van der Waals surface area contributed by atoms with Crippen LogP contribution in [0, 0.1) is 6.92 Å². The minimum atomic E-state index is 0.773. The molecule has 0 aliphatic rings. The molecule has 0 amide bonds. The molecular weight excluding hydrogens is 376 g/mol. The molecule has 5 nitrogen and oxygen atoms in total. The zero-order valence-electron chi connectivity index (χ0n) is 15.3. The van der Waals surface area contributed by atoms with E-state index in [1.54, 1.807) is 29.4 Å². The number of aryl methyl sites for hydroxylation is 1. The molecule has 0 saturated carbocycles. The summed E-state index contributed by atoms with van der Waals surface area (Å²) in [5.74, 6) is 2.51. The molecule has 0 bridgehead atoms. The maximum Gasteiger partial charge on any atom is 0.191 e. The first-order valence-electron chi connectivity index (χ1n) is 8.86. The highest BCUT2D eigenvalue weighted by Crippen LogP contribution is 2.30. The first kappa shape index (κ1) is 18.0. The van der Waals surface area contributed by atoms with Gasteiger partial charge in [-0.25, -0.2) is 4.98 Å². The summed E-state index contributed by atoms with van der Waals surface area (Å²) < 4.78 is 7.61. The molecule has 4 rings (SSSR count). The van der Waals surface area contributed by atoms with Gasteiger partial charge in [-0.2, -0.15) is 0 Å². The van der Waals surface area contributed by atoms with Gasteiger partial charge in [0.2, 0.25) is 0 Å². The number of hydrogen-bond acceptors (Lipinski definition) is 6. The predicted molar refractivity (Wildman–Crippen MR) is 110 cm³/mol. The van der Waals surface area contributed by atoms with Crippen molar-refractivity contribution in [1.82, 2.24) is 19.7 Å². The second kappa shape index (κ2) is 8.10. The highest BCUT2D eigenvalue weighted by atomic mass is 32.2. The standard InChI is InChI=1S/C20H20N4OS2/c1-3-10-24-18(17-9-11-25-14(17)2)22-23-20(24)27-13-16-12-26-19(21-16)15-7-5-4-6-8-15/h4-9,11-12H,3,10,13H2,1-2H3. The smallest absolute Gasteiger partial charge is 0.191 e. The minimum absolute atomic E-state index is 0.773. The van der Waals surface area contributed by atoms with Gasteiger partial charge in [-0.3, -0.25) is 0 Å². The van der Waals surface area contributed by atoms with Crippen molar-refractivity contribution in [3.8, 4) is 22.0 Å². The largest absolute Gasteiger partial charge is 0.469 e. The van der Waals surface area contributed by atoms with Gasteiger partial charge in [-0.1, -0.05) is 49.0 Å². The summed E-state index contributed by atoms with van der Waals surface area (Å²) in [5, 5.41) is 12.9. The number of hydrogen-bond donors (Lipinski definition) is 0. The molecule has 0 unspecified atom stereocenters. The molecule has 27 heavy (non-hydrogen) atoms. The van der Waals surface area contributed by atoms with Gasteiger partial charge in [0, 0.05) is 23.2 Å². The Bertz CT molecular complexity index is 1020. The second-order valence-electron chi connectivity index (χ2n) is 6.15. The average molecular weight is 397 g/mol. The number of benzene rings is 1. The van der Waals surface area contributed by atoms with Crippen molar-refractivity contribution >= 4 is 23.1 Å². The minimum Gasteiger partial charge on any atom is -0.469 e. The van der Waals surface area contributed by atoms with Crippen LogP contribution in [0.5, 0.6) is 0 Å². The molecule has 0 radical (unpaired) electrons. The molecule has 0 N–H and O–H groups in total. The van der Waals surface area contributed by atoms with E-state index in [9.17, 15) is 0 Å². The van der Waals surface area contributed by atoms with Gasteiger partial charge in [-0.15, -0.1) is 21.5 Å². The Hall–Kier alpha value is -2.38. The SMILES string of the molecule is CCCn1c(SCc2csc(-c3ccccc3)n2)nnc1-c1ccoc1C. The van der Waals surface area contributed by atoms with Gasteiger partial charge in [0.25, 0.3) is 0 Å². The lowest BCUT2D eigenvalue weighted by Crippen LogP contribution is -2.02. The Labute approximate surface area is 166 Å². The van der Waals surface area contributed by atoms with Crippen molar-refractivity contribution in [3.63, 3.8) is 0 Å². The van der Waals surface area contributed by atoms with Crippen LogP contribution in [0.15, 0.2) is 57.6 Å². The molecule has 4 aromatic rings. The lowest BCUT2D eigenvalue weighted by molar-refractivity contribution is 0.534. The van der Waals surface area contributed by atoms with Crippen molar-refractivity contribution in [2.45, 2.75) is 37.7 Å². The Morgan fingerprint density at radius 3 is 2.74 bits per heavy atom. The Kier molecular flexibility index (Phi) is 5.40. The first-order chi connectivity index (χ1) is 13.3. The highest BCUT2D eigenvalue weighted by Gasteiger charge is 2.17. The van der Waals surface area contributed by atoms with Crippen molar-refractivity contribution in [2.24, 2.45) is 0 Å². The number of rotatable bonds is 7. The van der Waals surface area contributed by atoms with Crippen LogP contribution in [0.3, 0.4) is 0 Å². The van der Waals surface area contributed by atoms with Crippen LogP contribution in [0.2, 0.25) is 0 Å². The third-order valence-corrected chi connectivity index (χ3v) is 6.13. The molecule has 0 aliphatic heterocycles. The molecule has 7 heteroatoms. The van der Waals surface area contributed by atoms with E-state index in [1.807, 2.05) is 31.2 Å². The maximum absolute atomic E-state index is 5.44. The van der Waals surface area contributed by atoms with Crippen LogP contribution < -0.4 is 0 Å². The summed E-state index contributed by atoms with van der Waals surface area (Å²) in [6.45, 7) is 4.99. The monoisotopic (exact) mass is 396 g/mol. The third kappa shape index (κ3) is 3.84. The highest BCUT2D eigenvalue weighted by molar-refractivity contribution is 7.98. The summed E-state index contributed by atoms with van der Waals surface area (Å²) in [4.78, 5) is 4.77. The third-order valence-electron chi connectivity index (χ3n) is 4.19. The molecule has 0 atom stereocenters. The van der Waals surface area contributed by atoms with E-state index in [0.717, 1.165) is 57.3 Å². The Balaban J connectivity index is 1.53. The average Bonchev–Trinajstić information content (AvgIpc) is 3.41. The summed E-state index contributed by atoms with van der Waals surface area (Å²) in [5.41, 5.74) is 3.23. The summed E-state index contributed by atoms with van der Waals surface area (Å²) in [7, 11) is 0. The fourth-order valence-corrected chi connectivity index (χ4v) is 4.65. The lowest BCUT2D eigenvalue weighted by atomic mass is 10.2. The van der Waals surface area contributed by atoms with E-state index in [-0.39, 0.29) is 0 Å². The van der Waals surface area contributed by atoms with E-state index < -0.39 is 0 Å². The van der Waals surface area contributed by atoms with Crippen molar-refractivity contribution in [3.05, 3.63) is 59.5 Å². The normalized spacial score (nSPS) is 11.2. The topological polar surface area (TPSA) is 56.7 Å². The Morgan fingerprint density at radius 1 is 1.15 bits per heavy atom. The van der Waals surface area contributed by atoms with Gasteiger partial charge in [0.15, 0.2) is 11.0 Å². The van der Waals surface area contributed by atoms with Crippen LogP contribution in [0.1, 0.15) is 24.8 Å². The number of nitrogens with zero attached hydrogens (tertiary/aromatic N) is 4. The van der Waals surface area contributed by atoms with E-state index in [1.165, 1.54) is 0 Å². The van der Waals surface area contributed by atoms with Gasteiger partial charge >= 0.3 is 0 Å². The van der Waals surface area contributed by atoms with E-state index in [2.05, 4.69) is 39.2 Å². The maximum atomic E-state index is 5.44. The number of aromatic nitrogens is 4. The molecule has 0 saturated heterocycles. The van der Waals surface area contributed by atoms with E-state index >= 15 is 0 Å².